The summed E-state index contributed by atoms with van der Waals surface area (Å²) in [7, 11) is 0. The summed E-state index contributed by atoms with van der Waals surface area (Å²) in [5.74, 6) is 0. The van der Waals surface area contributed by atoms with Crippen molar-refractivity contribution in [2.45, 2.75) is 65.1 Å². The number of benzene rings is 2. The molecule has 3 nitrogen and oxygen atoms in total. The van der Waals surface area contributed by atoms with Crippen LogP contribution >= 0.6 is 0 Å². The molecule has 30 heavy (non-hydrogen) atoms. The number of hydrogen-bond donors (Lipinski definition) is 0. The second-order valence-electron chi connectivity index (χ2n) is 7.71. The van der Waals surface area contributed by atoms with Gasteiger partial charge in [-0.15, -0.1) is 5.10 Å². The normalized spacial score (nSPS) is 11.8. The van der Waals surface area contributed by atoms with Gasteiger partial charge in [-0.1, -0.05) is 74.6 Å². The van der Waals surface area contributed by atoms with E-state index in [1.54, 1.807) is 0 Å². The summed E-state index contributed by atoms with van der Waals surface area (Å²) in [5.41, 5.74) is 3.60. The fraction of sp³-hybridized carbons (Fsp3) is 0.417. The Morgan fingerprint density at radius 1 is 0.900 bits per heavy atom. The molecule has 0 radical (unpaired) electrons. The number of nitrogens with zero attached hydrogens (tertiary/aromatic N) is 3. The van der Waals surface area contributed by atoms with Gasteiger partial charge < -0.3 is 0 Å². The molecule has 0 aliphatic heterocycles. The van der Waals surface area contributed by atoms with Gasteiger partial charge in [0.15, 0.2) is 0 Å². The van der Waals surface area contributed by atoms with Crippen molar-refractivity contribution in [1.29, 1.82) is 0 Å². The lowest BCUT2D eigenvalue weighted by molar-refractivity contribution is -0.137. The number of rotatable bonds is 9. The van der Waals surface area contributed by atoms with Crippen molar-refractivity contribution < 1.29 is 13.2 Å². The van der Waals surface area contributed by atoms with Crippen LogP contribution in [0.15, 0.2) is 48.7 Å². The van der Waals surface area contributed by atoms with Gasteiger partial charge in [-0.05, 0) is 42.2 Å². The van der Waals surface area contributed by atoms with E-state index in [2.05, 4.69) is 17.2 Å². The first kappa shape index (κ1) is 22.1. The lowest BCUT2D eigenvalue weighted by atomic mass is 9.93. The van der Waals surface area contributed by atoms with E-state index in [9.17, 15) is 13.2 Å². The van der Waals surface area contributed by atoms with Gasteiger partial charge in [-0.3, -0.25) is 4.68 Å². The third kappa shape index (κ3) is 5.49. The highest BCUT2D eigenvalue weighted by Gasteiger charge is 2.30. The molecule has 0 fully saturated rings. The summed E-state index contributed by atoms with van der Waals surface area (Å²) in [6.07, 6.45) is 4.87. The average Bonchev–Trinajstić information content (AvgIpc) is 3.18. The molecule has 0 unspecified atom stereocenters. The van der Waals surface area contributed by atoms with Crippen molar-refractivity contribution in [2.75, 3.05) is 0 Å². The number of unbranched alkanes of at least 4 members (excludes halogenated alkanes) is 5. The van der Waals surface area contributed by atoms with Crippen molar-refractivity contribution in [3.05, 3.63) is 59.8 Å². The van der Waals surface area contributed by atoms with Crippen LogP contribution in [0, 0.1) is 6.92 Å². The fourth-order valence-electron chi connectivity index (χ4n) is 3.66. The van der Waals surface area contributed by atoms with Gasteiger partial charge >= 0.3 is 6.18 Å². The zero-order chi connectivity index (χ0) is 21.6. The zero-order valence-electron chi connectivity index (χ0n) is 17.5. The third-order valence-corrected chi connectivity index (χ3v) is 5.33. The molecule has 0 N–H and O–H groups in total. The van der Waals surface area contributed by atoms with Gasteiger partial charge in [0, 0.05) is 12.1 Å². The van der Waals surface area contributed by atoms with Gasteiger partial charge in [-0.25, -0.2) is 0 Å². The molecule has 0 atom stereocenters. The van der Waals surface area contributed by atoms with Crippen molar-refractivity contribution >= 4 is 0 Å². The Balaban J connectivity index is 1.78. The van der Waals surface area contributed by atoms with Gasteiger partial charge in [0.05, 0.1) is 11.8 Å². The predicted molar refractivity (Wildman–Crippen MR) is 114 cm³/mol. The van der Waals surface area contributed by atoms with Crippen molar-refractivity contribution in [2.24, 2.45) is 0 Å². The number of aromatic nitrogens is 3. The summed E-state index contributed by atoms with van der Waals surface area (Å²) in [4.78, 5) is 0. The average molecular weight is 416 g/mol. The number of halogens is 3. The summed E-state index contributed by atoms with van der Waals surface area (Å²) in [6, 6.07) is 11.1. The Morgan fingerprint density at radius 2 is 1.60 bits per heavy atom. The minimum atomic E-state index is -4.34. The molecule has 0 amide bonds. The van der Waals surface area contributed by atoms with E-state index in [0.717, 1.165) is 53.0 Å². The molecule has 160 valence electrons. The van der Waals surface area contributed by atoms with Gasteiger partial charge in [0.2, 0.25) is 0 Å². The number of aryl methyl sites for hydroxylation is 2. The van der Waals surface area contributed by atoms with Crippen molar-refractivity contribution in [3.8, 4) is 22.4 Å². The highest BCUT2D eigenvalue weighted by molar-refractivity contribution is 5.83. The molecular weight excluding hydrogens is 387 g/mol. The molecule has 1 aromatic heterocycles. The highest BCUT2D eigenvalue weighted by Crippen LogP contribution is 2.36. The van der Waals surface area contributed by atoms with Crippen LogP contribution in [0.5, 0.6) is 0 Å². The summed E-state index contributed by atoms with van der Waals surface area (Å²) in [5, 5.41) is 8.62. The summed E-state index contributed by atoms with van der Waals surface area (Å²) >= 11 is 0. The summed E-state index contributed by atoms with van der Waals surface area (Å²) < 4.78 is 40.6. The van der Waals surface area contributed by atoms with Crippen LogP contribution in [-0.2, 0) is 12.7 Å². The maximum Gasteiger partial charge on any atom is 0.416 e. The second-order valence-corrected chi connectivity index (χ2v) is 7.71. The van der Waals surface area contributed by atoms with Crippen LogP contribution in [0.1, 0.15) is 56.6 Å². The van der Waals surface area contributed by atoms with Gasteiger partial charge in [0.25, 0.3) is 0 Å². The zero-order valence-corrected chi connectivity index (χ0v) is 17.5. The van der Waals surface area contributed by atoms with Crippen molar-refractivity contribution in [3.63, 3.8) is 0 Å². The fourth-order valence-corrected chi connectivity index (χ4v) is 3.66. The largest absolute Gasteiger partial charge is 0.416 e. The van der Waals surface area contributed by atoms with Crippen LogP contribution in [0.2, 0.25) is 0 Å². The second kappa shape index (κ2) is 9.92. The Hall–Kier alpha value is -2.63. The lowest BCUT2D eigenvalue weighted by Crippen LogP contribution is -2.04. The molecule has 2 aromatic carbocycles. The minimum Gasteiger partial charge on any atom is -0.252 e. The van der Waals surface area contributed by atoms with Crippen molar-refractivity contribution in [1.82, 2.24) is 15.0 Å². The molecule has 0 aliphatic carbocycles. The Labute approximate surface area is 175 Å². The molecule has 0 saturated carbocycles. The monoisotopic (exact) mass is 415 g/mol. The Morgan fingerprint density at radius 3 is 2.30 bits per heavy atom. The molecule has 0 spiro atoms. The standard InChI is InChI=1S/C24H28F3N3/c1-3-4-5-6-7-8-16-30-17-22(28-29-30)23-18(2)10-9-11-21(23)19-12-14-20(15-13-19)24(25,26)27/h9-15,17H,3-8,16H2,1-2H3. The quantitative estimate of drug-likeness (QED) is 0.343. The molecule has 0 saturated heterocycles. The maximum absolute atomic E-state index is 12.9. The topological polar surface area (TPSA) is 30.7 Å². The van der Waals surface area contributed by atoms with Crippen LogP contribution in [0.3, 0.4) is 0 Å². The first-order chi connectivity index (χ1) is 14.4. The molecular formula is C24H28F3N3. The first-order valence-corrected chi connectivity index (χ1v) is 10.6. The SMILES string of the molecule is CCCCCCCCn1cc(-c2c(C)cccc2-c2ccc(C(F)(F)F)cc2)nn1. The van der Waals surface area contributed by atoms with E-state index in [1.807, 2.05) is 36.0 Å². The van der Waals surface area contributed by atoms with E-state index < -0.39 is 11.7 Å². The van der Waals surface area contributed by atoms with Crippen LogP contribution in [0.4, 0.5) is 13.2 Å². The molecule has 3 aromatic rings. The van der Waals surface area contributed by atoms with E-state index in [1.165, 1.54) is 44.2 Å². The number of hydrogen-bond acceptors (Lipinski definition) is 2. The molecule has 0 bridgehead atoms. The Kier molecular flexibility index (Phi) is 7.29. The van der Waals surface area contributed by atoms with E-state index in [0.29, 0.717) is 0 Å². The van der Waals surface area contributed by atoms with E-state index >= 15 is 0 Å². The van der Waals surface area contributed by atoms with E-state index in [4.69, 9.17) is 0 Å². The Bertz CT molecular complexity index is 943. The first-order valence-electron chi connectivity index (χ1n) is 10.6. The van der Waals surface area contributed by atoms with Gasteiger partial charge in [-0.2, -0.15) is 13.2 Å². The van der Waals surface area contributed by atoms with Crippen LogP contribution in [0.25, 0.3) is 22.4 Å². The highest BCUT2D eigenvalue weighted by atomic mass is 19.4. The van der Waals surface area contributed by atoms with Crippen LogP contribution < -0.4 is 0 Å². The predicted octanol–water partition coefficient (Wildman–Crippen LogP) is 7.30. The summed E-state index contributed by atoms with van der Waals surface area (Å²) in [6.45, 7) is 5.01. The third-order valence-electron chi connectivity index (χ3n) is 5.33. The minimum absolute atomic E-state index is 0.648. The molecule has 1 heterocycles. The molecule has 0 aliphatic rings. The lowest BCUT2D eigenvalue weighted by Gasteiger charge is -2.12. The number of alkyl halides is 3. The molecule has 3 rings (SSSR count). The van der Waals surface area contributed by atoms with E-state index in [-0.39, 0.29) is 0 Å². The van der Waals surface area contributed by atoms with Gasteiger partial charge in [0.1, 0.15) is 5.69 Å². The smallest absolute Gasteiger partial charge is 0.252 e. The maximum atomic E-state index is 12.9. The molecule has 6 heteroatoms. The van der Waals surface area contributed by atoms with Crippen LogP contribution in [-0.4, -0.2) is 15.0 Å².